The molecule has 1 aliphatic heterocycles. The van der Waals surface area contributed by atoms with E-state index in [-0.39, 0.29) is 5.84 Å². The third-order valence-electron chi connectivity index (χ3n) is 3.04. The highest BCUT2D eigenvalue weighted by molar-refractivity contribution is 5.96. The summed E-state index contributed by atoms with van der Waals surface area (Å²) < 4.78 is 5.31. The zero-order valence-corrected chi connectivity index (χ0v) is 10.2. The fourth-order valence-electron chi connectivity index (χ4n) is 2.02. The lowest BCUT2D eigenvalue weighted by Crippen LogP contribution is -2.35. The van der Waals surface area contributed by atoms with E-state index in [4.69, 9.17) is 15.7 Å². The lowest BCUT2D eigenvalue weighted by Gasteiger charge is -2.23. The van der Waals surface area contributed by atoms with E-state index in [2.05, 4.69) is 15.5 Å². The van der Waals surface area contributed by atoms with Crippen LogP contribution in [0.5, 0.6) is 0 Å². The second-order valence-corrected chi connectivity index (χ2v) is 4.26. The SMILES string of the molecule is NC(=NO)c1ncccc1CNC1CCOCC1. The first kappa shape index (κ1) is 12.8. The average molecular weight is 250 g/mol. The van der Waals surface area contributed by atoms with E-state index >= 15 is 0 Å². The molecule has 0 unspecified atom stereocenters. The van der Waals surface area contributed by atoms with Gasteiger partial charge < -0.3 is 21.0 Å². The van der Waals surface area contributed by atoms with Crippen LogP contribution in [0.4, 0.5) is 0 Å². The minimum Gasteiger partial charge on any atom is -0.409 e. The summed E-state index contributed by atoms with van der Waals surface area (Å²) in [4.78, 5) is 4.13. The zero-order chi connectivity index (χ0) is 12.8. The largest absolute Gasteiger partial charge is 0.409 e. The molecule has 6 nitrogen and oxygen atoms in total. The maximum absolute atomic E-state index is 8.72. The Bertz CT molecular complexity index is 416. The third kappa shape index (κ3) is 3.18. The fraction of sp³-hybridized carbons (Fsp3) is 0.500. The molecule has 18 heavy (non-hydrogen) atoms. The highest BCUT2D eigenvalue weighted by Gasteiger charge is 2.14. The van der Waals surface area contributed by atoms with Crippen molar-refractivity contribution < 1.29 is 9.94 Å². The van der Waals surface area contributed by atoms with Crippen molar-refractivity contribution in [2.45, 2.75) is 25.4 Å². The van der Waals surface area contributed by atoms with Crippen LogP contribution in [-0.2, 0) is 11.3 Å². The van der Waals surface area contributed by atoms with Gasteiger partial charge >= 0.3 is 0 Å². The van der Waals surface area contributed by atoms with Crippen molar-refractivity contribution in [3.05, 3.63) is 29.6 Å². The van der Waals surface area contributed by atoms with Crippen molar-refractivity contribution in [1.29, 1.82) is 0 Å². The van der Waals surface area contributed by atoms with Crippen LogP contribution in [0, 0.1) is 0 Å². The predicted molar refractivity (Wildman–Crippen MR) is 67.4 cm³/mol. The quantitative estimate of drug-likeness (QED) is 0.312. The van der Waals surface area contributed by atoms with Gasteiger partial charge in [-0.1, -0.05) is 11.2 Å². The van der Waals surface area contributed by atoms with E-state index in [0.717, 1.165) is 31.6 Å². The van der Waals surface area contributed by atoms with E-state index in [9.17, 15) is 0 Å². The lowest BCUT2D eigenvalue weighted by atomic mass is 10.1. The number of hydrogen-bond donors (Lipinski definition) is 3. The van der Waals surface area contributed by atoms with Crippen molar-refractivity contribution in [2.75, 3.05) is 13.2 Å². The van der Waals surface area contributed by atoms with Gasteiger partial charge in [-0.2, -0.15) is 0 Å². The number of amidine groups is 1. The second kappa shape index (κ2) is 6.32. The van der Waals surface area contributed by atoms with Gasteiger partial charge in [-0.3, -0.25) is 4.98 Å². The third-order valence-corrected chi connectivity index (χ3v) is 3.04. The molecule has 4 N–H and O–H groups in total. The van der Waals surface area contributed by atoms with Gasteiger partial charge in [0.1, 0.15) is 5.69 Å². The van der Waals surface area contributed by atoms with Gasteiger partial charge in [-0.15, -0.1) is 0 Å². The molecule has 0 amide bonds. The van der Waals surface area contributed by atoms with Gasteiger partial charge in [-0.25, -0.2) is 0 Å². The fourth-order valence-corrected chi connectivity index (χ4v) is 2.02. The molecule has 0 aromatic carbocycles. The summed E-state index contributed by atoms with van der Waals surface area (Å²) in [6, 6.07) is 4.22. The van der Waals surface area contributed by atoms with Crippen LogP contribution in [0.2, 0.25) is 0 Å². The highest BCUT2D eigenvalue weighted by atomic mass is 16.5. The standard InChI is InChI=1S/C12H18N4O2/c13-12(16-17)11-9(2-1-5-14-11)8-15-10-3-6-18-7-4-10/h1-2,5,10,15,17H,3-4,6-8H2,(H2,13,16). The van der Waals surface area contributed by atoms with E-state index in [0.29, 0.717) is 18.3 Å². The van der Waals surface area contributed by atoms with Crippen LogP contribution < -0.4 is 11.1 Å². The number of aromatic nitrogens is 1. The molecule has 0 atom stereocenters. The molecular formula is C12H18N4O2. The van der Waals surface area contributed by atoms with Gasteiger partial charge in [0.05, 0.1) is 0 Å². The van der Waals surface area contributed by atoms with E-state index < -0.39 is 0 Å². The number of oxime groups is 1. The van der Waals surface area contributed by atoms with Gasteiger partial charge in [0.2, 0.25) is 0 Å². The Morgan fingerprint density at radius 1 is 1.56 bits per heavy atom. The van der Waals surface area contributed by atoms with Crippen molar-refractivity contribution in [3.63, 3.8) is 0 Å². The minimum absolute atomic E-state index is 0.0411. The molecule has 0 bridgehead atoms. The van der Waals surface area contributed by atoms with E-state index in [1.54, 1.807) is 6.20 Å². The van der Waals surface area contributed by atoms with Crippen molar-refractivity contribution >= 4 is 5.84 Å². The smallest absolute Gasteiger partial charge is 0.189 e. The summed E-state index contributed by atoms with van der Waals surface area (Å²) in [6.45, 7) is 2.26. The lowest BCUT2D eigenvalue weighted by molar-refractivity contribution is 0.0776. The molecule has 2 heterocycles. The first-order valence-electron chi connectivity index (χ1n) is 6.04. The van der Waals surface area contributed by atoms with Gasteiger partial charge in [-0.05, 0) is 24.5 Å². The predicted octanol–water partition coefficient (Wildman–Crippen LogP) is 0.445. The van der Waals surface area contributed by atoms with E-state index in [1.807, 2.05) is 12.1 Å². The van der Waals surface area contributed by atoms with Crippen LogP contribution in [0.15, 0.2) is 23.5 Å². The molecule has 1 saturated heterocycles. The number of nitrogens with one attached hydrogen (secondary N) is 1. The average Bonchev–Trinajstić information content (AvgIpc) is 2.45. The van der Waals surface area contributed by atoms with Crippen LogP contribution in [0.25, 0.3) is 0 Å². The van der Waals surface area contributed by atoms with Crippen molar-refractivity contribution in [3.8, 4) is 0 Å². The summed E-state index contributed by atoms with van der Waals surface area (Å²) in [7, 11) is 0. The van der Waals surface area contributed by atoms with Crippen LogP contribution in [0.3, 0.4) is 0 Å². The molecule has 0 spiro atoms. The molecule has 1 aromatic heterocycles. The number of hydrogen-bond acceptors (Lipinski definition) is 5. The minimum atomic E-state index is 0.0411. The first-order chi connectivity index (χ1) is 8.81. The Morgan fingerprint density at radius 3 is 3.06 bits per heavy atom. The van der Waals surface area contributed by atoms with Crippen molar-refractivity contribution in [1.82, 2.24) is 10.3 Å². The normalized spacial score (nSPS) is 17.9. The number of ether oxygens (including phenoxy) is 1. The number of rotatable bonds is 4. The number of nitrogens with zero attached hydrogens (tertiary/aromatic N) is 2. The Balaban J connectivity index is 2.00. The molecule has 0 aliphatic carbocycles. The van der Waals surface area contributed by atoms with Gasteiger partial charge in [0, 0.05) is 32.0 Å². The topological polar surface area (TPSA) is 92.8 Å². The molecular weight excluding hydrogens is 232 g/mol. The summed E-state index contributed by atoms with van der Waals surface area (Å²) in [5.74, 6) is 0.0411. The van der Waals surface area contributed by atoms with Crippen LogP contribution in [0.1, 0.15) is 24.1 Å². The second-order valence-electron chi connectivity index (χ2n) is 4.26. The Labute approximate surface area is 106 Å². The summed E-state index contributed by atoms with van der Waals surface area (Å²) in [6.07, 6.45) is 3.66. The van der Waals surface area contributed by atoms with Crippen molar-refractivity contribution in [2.24, 2.45) is 10.9 Å². The Morgan fingerprint density at radius 2 is 2.33 bits per heavy atom. The maximum atomic E-state index is 8.72. The monoisotopic (exact) mass is 250 g/mol. The molecule has 0 saturated carbocycles. The number of nitrogens with two attached hydrogens (primary N) is 1. The molecule has 2 rings (SSSR count). The molecule has 1 aromatic rings. The molecule has 6 heteroatoms. The summed E-state index contributed by atoms with van der Waals surface area (Å²) in [5, 5.41) is 15.2. The maximum Gasteiger partial charge on any atom is 0.189 e. The Kier molecular flexibility index (Phi) is 4.49. The first-order valence-corrected chi connectivity index (χ1v) is 6.04. The molecule has 1 aliphatic rings. The van der Waals surface area contributed by atoms with Crippen LogP contribution in [-0.4, -0.2) is 35.3 Å². The van der Waals surface area contributed by atoms with E-state index in [1.165, 1.54) is 0 Å². The van der Waals surface area contributed by atoms with Gasteiger partial charge in [0.15, 0.2) is 5.84 Å². The highest BCUT2D eigenvalue weighted by Crippen LogP contribution is 2.09. The molecule has 0 radical (unpaired) electrons. The Hall–Kier alpha value is -1.66. The summed E-state index contributed by atoms with van der Waals surface area (Å²) >= 11 is 0. The number of pyridine rings is 1. The summed E-state index contributed by atoms with van der Waals surface area (Å²) in [5.41, 5.74) is 7.05. The van der Waals surface area contributed by atoms with Gasteiger partial charge in [0.25, 0.3) is 0 Å². The van der Waals surface area contributed by atoms with Crippen LogP contribution >= 0.6 is 0 Å². The zero-order valence-electron chi connectivity index (χ0n) is 10.2. The molecule has 98 valence electrons. The molecule has 1 fully saturated rings.